The molecule has 0 aliphatic heterocycles. The Hall–Kier alpha value is -4.87. The first kappa shape index (κ1) is 26.2. The Morgan fingerprint density at radius 2 is 1.79 bits per heavy atom. The summed E-state index contributed by atoms with van der Waals surface area (Å²) >= 11 is 0. The maximum atomic E-state index is 12.8. The van der Waals surface area contributed by atoms with Crippen molar-refractivity contribution in [3.63, 3.8) is 0 Å². The van der Waals surface area contributed by atoms with Crippen molar-refractivity contribution in [3.8, 4) is 34.2 Å². The van der Waals surface area contributed by atoms with E-state index in [9.17, 15) is 15.2 Å². The van der Waals surface area contributed by atoms with Gasteiger partial charge in [0, 0.05) is 24.7 Å². The van der Waals surface area contributed by atoms with Gasteiger partial charge in [-0.15, -0.1) is 0 Å². The van der Waals surface area contributed by atoms with Crippen LogP contribution >= 0.6 is 0 Å². The van der Waals surface area contributed by atoms with Crippen LogP contribution in [0.2, 0.25) is 0 Å². The number of carbonyl (C=O) groups excluding carboxylic acids is 1. The van der Waals surface area contributed by atoms with Crippen molar-refractivity contribution in [3.05, 3.63) is 90.0 Å². The lowest BCUT2D eigenvalue weighted by Crippen LogP contribution is -2.35. The summed E-state index contributed by atoms with van der Waals surface area (Å²) in [5.41, 5.74) is 17.0. The van der Waals surface area contributed by atoms with Crippen LogP contribution in [0.25, 0.3) is 22.4 Å². The summed E-state index contributed by atoms with van der Waals surface area (Å²) in [6, 6.07) is 25.6. The van der Waals surface area contributed by atoms with Crippen LogP contribution in [0.5, 0.6) is 5.75 Å². The number of phenolic OH excluding ortho intramolecular Hbond substituents is 1. The average molecular weight is 507 g/mol. The number of nitriles is 1. The molecule has 1 heterocycles. The molecule has 8 nitrogen and oxygen atoms in total. The SMILES string of the molecule is CCC(N)C(=O)Nc1cc(-c2cc(-c3ccccc3O)nc(N)c2C#N)ccc1N(C)Cc1ccccc1. The minimum atomic E-state index is -0.662. The monoisotopic (exact) mass is 506 g/mol. The summed E-state index contributed by atoms with van der Waals surface area (Å²) in [6.45, 7) is 2.47. The number of benzene rings is 3. The predicted octanol–water partition coefficient (Wildman–Crippen LogP) is 4.89. The molecule has 1 unspecified atom stereocenters. The number of carbonyl (C=O) groups is 1. The largest absolute Gasteiger partial charge is 0.507 e. The molecule has 0 aliphatic carbocycles. The Labute approximate surface area is 222 Å². The van der Waals surface area contributed by atoms with Crippen LogP contribution in [-0.4, -0.2) is 29.1 Å². The lowest BCUT2D eigenvalue weighted by atomic mass is 9.97. The van der Waals surface area contributed by atoms with E-state index in [4.69, 9.17) is 11.5 Å². The van der Waals surface area contributed by atoms with E-state index in [1.54, 1.807) is 36.4 Å². The molecule has 1 aromatic heterocycles. The van der Waals surface area contributed by atoms with Crippen molar-refractivity contribution in [1.29, 1.82) is 5.26 Å². The maximum Gasteiger partial charge on any atom is 0.241 e. The fourth-order valence-corrected chi connectivity index (χ4v) is 4.23. The Bertz CT molecular complexity index is 1500. The number of hydrogen-bond donors (Lipinski definition) is 4. The first-order valence-electron chi connectivity index (χ1n) is 12.3. The zero-order valence-corrected chi connectivity index (χ0v) is 21.3. The molecule has 0 spiro atoms. The molecule has 0 radical (unpaired) electrons. The van der Waals surface area contributed by atoms with Gasteiger partial charge < -0.3 is 26.8 Å². The van der Waals surface area contributed by atoms with E-state index in [1.807, 2.05) is 61.3 Å². The number of nitrogen functional groups attached to an aromatic ring is 1. The van der Waals surface area contributed by atoms with Gasteiger partial charge in [0.1, 0.15) is 23.2 Å². The smallest absolute Gasteiger partial charge is 0.241 e. The molecule has 0 saturated carbocycles. The summed E-state index contributed by atoms with van der Waals surface area (Å²) in [7, 11) is 1.94. The van der Waals surface area contributed by atoms with Crippen LogP contribution in [0.4, 0.5) is 17.2 Å². The third kappa shape index (κ3) is 5.59. The molecule has 1 amide bonds. The number of nitrogens with zero attached hydrogens (tertiary/aromatic N) is 3. The van der Waals surface area contributed by atoms with Crippen LogP contribution in [0, 0.1) is 11.3 Å². The third-order valence-corrected chi connectivity index (χ3v) is 6.36. The number of pyridine rings is 1. The number of phenols is 1. The second-order valence-corrected chi connectivity index (χ2v) is 9.02. The lowest BCUT2D eigenvalue weighted by molar-refractivity contribution is -0.117. The van der Waals surface area contributed by atoms with Gasteiger partial charge in [-0.1, -0.05) is 55.5 Å². The number of nitrogens with one attached hydrogen (secondary N) is 1. The zero-order valence-electron chi connectivity index (χ0n) is 21.3. The minimum absolute atomic E-state index is 0.0483. The van der Waals surface area contributed by atoms with Crippen molar-refractivity contribution >= 4 is 23.1 Å². The molecule has 38 heavy (non-hydrogen) atoms. The second kappa shape index (κ2) is 11.5. The maximum absolute atomic E-state index is 12.8. The summed E-state index contributed by atoms with van der Waals surface area (Å²) in [5, 5.41) is 23.2. The Kier molecular flexibility index (Phi) is 7.90. The number of amides is 1. The number of para-hydroxylation sites is 1. The van der Waals surface area contributed by atoms with Crippen LogP contribution in [-0.2, 0) is 11.3 Å². The van der Waals surface area contributed by atoms with E-state index in [1.165, 1.54) is 0 Å². The molecule has 4 aromatic rings. The molecule has 4 rings (SSSR count). The molecule has 0 saturated heterocycles. The molecule has 0 aliphatic rings. The highest BCUT2D eigenvalue weighted by atomic mass is 16.3. The van der Waals surface area contributed by atoms with Gasteiger partial charge in [-0.2, -0.15) is 5.26 Å². The highest BCUT2D eigenvalue weighted by Gasteiger charge is 2.19. The van der Waals surface area contributed by atoms with Crippen molar-refractivity contribution in [2.45, 2.75) is 25.9 Å². The van der Waals surface area contributed by atoms with Gasteiger partial charge >= 0.3 is 0 Å². The van der Waals surface area contributed by atoms with Gasteiger partial charge in [-0.25, -0.2) is 4.98 Å². The first-order chi connectivity index (χ1) is 18.3. The molecule has 0 fully saturated rings. The highest BCUT2D eigenvalue weighted by molar-refractivity contribution is 5.99. The highest BCUT2D eigenvalue weighted by Crippen LogP contribution is 2.37. The van der Waals surface area contributed by atoms with Gasteiger partial charge in [0.25, 0.3) is 0 Å². The lowest BCUT2D eigenvalue weighted by Gasteiger charge is -2.24. The quantitative estimate of drug-likeness (QED) is 0.267. The summed E-state index contributed by atoms with van der Waals surface area (Å²) in [6.07, 6.45) is 0.490. The van der Waals surface area contributed by atoms with Crippen LogP contribution in [0.1, 0.15) is 24.5 Å². The molecular weight excluding hydrogens is 476 g/mol. The average Bonchev–Trinajstić information content (AvgIpc) is 2.92. The number of rotatable bonds is 8. The molecule has 3 aromatic carbocycles. The molecule has 8 heteroatoms. The normalized spacial score (nSPS) is 11.4. The van der Waals surface area contributed by atoms with Gasteiger partial charge in [0.15, 0.2) is 0 Å². The number of aromatic nitrogens is 1. The number of hydrogen-bond acceptors (Lipinski definition) is 7. The standard InChI is InChI=1S/C30H30N6O2/c1-3-24(32)30(38)35-26-15-20(13-14-27(26)36(2)18-19-9-5-4-6-10-19)22-16-25(34-29(33)23(22)17-31)21-11-7-8-12-28(21)37/h4-16,24,37H,3,18,32H2,1-2H3,(H2,33,34)(H,35,38). The van der Waals surface area contributed by atoms with E-state index >= 15 is 0 Å². The van der Waals surface area contributed by atoms with E-state index < -0.39 is 6.04 Å². The molecule has 192 valence electrons. The number of anilines is 3. The van der Waals surface area contributed by atoms with E-state index in [-0.39, 0.29) is 23.0 Å². The Morgan fingerprint density at radius 3 is 2.47 bits per heavy atom. The predicted molar refractivity (Wildman–Crippen MR) is 151 cm³/mol. The molecule has 0 bridgehead atoms. The summed E-state index contributed by atoms with van der Waals surface area (Å²) < 4.78 is 0. The van der Waals surface area contributed by atoms with E-state index in [0.29, 0.717) is 41.0 Å². The van der Waals surface area contributed by atoms with E-state index in [2.05, 4.69) is 16.4 Å². The minimum Gasteiger partial charge on any atom is -0.507 e. The van der Waals surface area contributed by atoms with Gasteiger partial charge in [0.2, 0.25) is 5.91 Å². The zero-order chi connectivity index (χ0) is 27.2. The number of aromatic hydroxyl groups is 1. The van der Waals surface area contributed by atoms with Crippen molar-refractivity contribution < 1.29 is 9.90 Å². The fourth-order valence-electron chi connectivity index (χ4n) is 4.23. The first-order valence-corrected chi connectivity index (χ1v) is 12.3. The summed E-state index contributed by atoms with van der Waals surface area (Å²) in [5.74, 6) is -0.203. The molecule has 1 atom stereocenters. The van der Waals surface area contributed by atoms with Crippen molar-refractivity contribution in [2.24, 2.45) is 5.73 Å². The van der Waals surface area contributed by atoms with Crippen LogP contribution in [0.3, 0.4) is 0 Å². The summed E-state index contributed by atoms with van der Waals surface area (Å²) in [4.78, 5) is 19.2. The van der Waals surface area contributed by atoms with Crippen molar-refractivity contribution in [2.75, 3.05) is 23.0 Å². The van der Waals surface area contributed by atoms with Crippen molar-refractivity contribution in [1.82, 2.24) is 4.98 Å². The molecular formula is C30H30N6O2. The third-order valence-electron chi connectivity index (χ3n) is 6.36. The van der Waals surface area contributed by atoms with Gasteiger partial charge in [-0.05, 0) is 47.9 Å². The second-order valence-electron chi connectivity index (χ2n) is 9.02. The Balaban J connectivity index is 1.83. The van der Waals surface area contributed by atoms with Crippen LogP contribution < -0.4 is 21.7 Å². The van der Waals surface area contributed by atoms with Gasteiger partial charge in [0.05, 0.1) is 23.1 Å². The van der Waals surface area contributed by atoms with Crippen LogP contribution in [0.15, 0.2) is 78.9 Å². The van der Waals surface area contributed by atoms with Gasteiger partial charge in [-0.3, -0.25) is 4.79 Å². The topological polar surface area (TPSA) is 141 Å². The van der Waals surface area contributed by atoms with E-state index in [0.717, 1.165) is 11.3 Å². The molecule has 6 N–H and O–H groups in total. The Morgan fingerprint density at radius 1 is 1.08 bits per heavy atom. The number of nitrogens with two attached hydrogens (primary N) is 2. The fraction of sp³-hybridized carbons (Fsp3) is 0.167.